The second kappa shape index (κ2) is 9.32. The summed E-state index contributed by atoms with van der Waals surface area (Å²) in [7, 11) is 1.57. The summed E-state index contributed by atoms with van der Waals surface area (Å²) in [4.78, 5) is 27.1. The van der Waals surface area contributed by atoms with Gasteiger partial charge in [-0.3, -0.25) is 9.59 Å². The van der Waals surface area contributed by atoms with Crippen molar-refractivity contribution in [2.75, 3.05) is 37.0 Å². The summed E-state index contributed by atoms with van der Waals surface area (Å²) in [6.07, 6.45) is 0.178. The molecular weight excluding hydrogens is 370 g/mol. The van der Waals surface area contributed by atoms with E-state index in [1.165, 1.54) is 0 Å². The molecule has 2 amide bonds. The Morgan fingerprint density at radius 1 is 1.24 bits per heavy atom. The maximum atomic E-state index is 12.8. The van der Waals surface area contributed by atoms with E-state index in [-0.39, 0.29) is 18.4 Å². The van der Waals surface area contributed by atoms with Crippen molar-refractivity contribution in [1.29, 1.82) is 0 Å². The maximum Gasteiger partial charge on any atom is 0.262 e. The number of nitrogens with one attached hydrogen (secondary N) is 2. The highest BCUT2D eigenvalue weighted by atomic mass is 16.5. The molecule has 29 heavy (non-hydrogen) atoms. The van der Waals surface area contributed by atoms with Gasteiger partial charge in [-0.1, -0.05) is 25.1 Å². The fourth-order valence-corrected chi connectivity index (χ4v) is 3.24. The Morgan fingerprint density at radius 3 is 2.79 bits per heavy atom. The molecule has 0 saturated heterocycles. The minimum Gasteiger partial charge on any atom is -0.495 e. The van der Waals surface area contributed by atoms with Crippen LogP contribution in [0.5, 0.6) is 11.5 Å². The normalized spacial score (nSPS) is 15.1. The molecule has 1 aliphatic heterocycles. The van der Waals surface area contributed by atoms with E-state index in [2.05, 4.69) is 10.6 Å². The number of para-hydroxylation sites is 2. The number of ether oxygens (including phenoxy) is 2. The van der Waals surface area contributed by atoms with Crippen LogP contribution in [-0.2, 0) is 9.59 Å². The third kappa shape index (κ3) is 4.99. The number of rotatable bonds is 7. The smallest absolute Gasteiger partial charge is 0.262 e. The van der Waals surface area contributed by atoms with Crippen molar-refractivity contribution in [3.05, 3.63) is 48.0 Å². The number of nitrogens with zero attached hydrogens (tertiary/aromatic N) is 1. The van der Waals surface area contributed by atoms with Gasteiger partial charge in [0.25, 0.3) is 5.91 Å². The summed E-state index contributed by atoms with van der Waals surface area (Å²) in [5.74, 6) is 0.824. The van der Waals surface area contributed by atoms with Crippen molar-refractivity contribution in [3.63, 3.8) is 0 Å². The highest BCUT2D eigenvalue weighted by Gasteiger charge is 2.31. The van der Waals surface area contributed by atoms with Crippen LogP contribution in [0.4, 0.5) is 11.4 Å². The zero-order chi connectivity index (χ0) is 20.8. The summed E-state index contributed by atoms with van der Waals surface area (Å²) in [6.45, 7) is 4.92. The lowest BCUT2D eigenvalue weighted by molar-refractivity contribution is -0.128. The van der Waals surface area contributed by atoms with Crippen LogP contribution in [0, 0.1) is 6.92 Å². The molecule has 1 heterocycles. The minimum absolute atomic E-state index is 0.0923. The number of fused-ring (bicyclic) bond motifs is 1. The molecule has 2 aromatic carbocycles. The third-order valence-electron chi connectivity index (χ3n) is 4.67. The number of carbonyl (C=O) groups is 2. The van der Waals surface area contributed by atoms with Gasteiger partial charge >= 0.3 is 0 Å². The number of carbonyl (C=O) groups excluding carboxylic acids is 2. The van der Waals surface area contributed by atoms with E-state index in [0.717, 1.165) is 17.7 Å². The average molecular weight is 397 g/mol. The fraction of sp³-hybridized carbons (Fsp3) is 0.364. The van der Waals surface area contributed by atoms with E-state index >= 15 is 0 Å². The van der Waals surface area contributed by atoms with Gasteiger partial charge in [0.15, 0.2) is 6.10 Å². The molecule has 0 unspecified atom stereocenters. The minimum atomic E-state index is -0.669. The average Bonchev–Trinajstić information content (AvgIpc) is 2.72. The van der Waals surface area contributed by atoms with Crippen LogP contribution in [0.25, 0.3) is 0 Å². The van der Waals surface area contributed by atoms with Crippen molar-refractivity contribution in [3.8, 4) is 11.5 Å². The Balaban J connectivity index is 1.75. The quantitative estimate of drug-likeness (QED) is 0.751. The highest BCUT2D eigenvalue weighted by molar-refractivity contribution is 5.96. The Morgan fingerprint density at radius 2 is 2.03 bits per heavy atom. The SMILES string of the molecule is CCCNC(=O)[C@@H]1CN(CC(=O)Nc2cc(C)ccc2OC)c2ccccc2O1. The second-order valence-corrected chi connectivity index (χ2v) is 7.00. The van der Waals surface area contributed by atoms with Gasteiger partial charge in [0.05, 0.1) is 31.6 Å². The highest BCUT2D eigenvalue weighted by Crippen LogP contribution is 2.33. The summed E-state index contributed by atoms with van der Waals surface area (Å²) in [5.41, 5.74) is 2.43. The zero-order valence-electron chi connectivity index (χ0n) is 17.0. The van der Waals surface area contributed by atoms with Crippen molar-refractivity contribution in [2.24, 2.45) is 0 Å². The van der Waals surface area contributed by atoms with Crippen molar-refractivity contribution >= 4 is 23.2 Å². The Hall–Kier alpha value is -3.22. The predicted molar refractivity (Wildman–Crippen MR) is 113 cm³/mol. The lowest BCUT2D eigenvalue weighted by Crippen LogP contribution is -2.50. The van der Waals surface area contributed by atoms with E-state index in [1.54, 1.807) is 7.11 Å². The van der Waals surface area contributed by atoms with Crippen molar-refractivity contribution < 1.29 is 19.1 Å². The molecule has 1 atom stereocenters. The van der Waals surface area contributed by atoms with Crippen molar-refractivity contribution in [2.45, 2.75) is 26.4 Å². The van der Waals surface area contributed by atoms with E-state index < -0.39 is 6.10 Å². The first-order valence-electron chi connectivity index (χ1n) is 9.74. The molecule has 2 aromatic rings. The van der Waals surface area contributed by atoms with Crippen molar-refractivity contribution in [1.82, 2.24) is 5.32 Å². The Labute approximate surface area is 171 Å². The van der Waals surface area contributed by atoms with Gasteiger partial charge in [0, 0.05) is 6.54 Å². The largest absolute Gasteiger partial charge is 0.495 e. The van der Waals surface area contributed by atoms with Gasteiger partial charge in [-0.15, -0.1) is 0 Å². The van der Waals surface area contributed by atoms with Crippen LogP contribution in [0.3, 0.4) is 0 Å². The maximum absolute atomic E-state index is 12.8. The summed E-state index contributed by atoms with van der Waals surface area (Å²) < 4.78 is 11.2. The monoisotopic (exact) mass is 397 g/mol. The summed E-state index contributed by atoms with van der Waals surface area (Å²) >= 11 is 0. The number of amides is 2. The number of methoxy groups -OCH3 is 1. The standard InChI is InChI=1S/C22H27N3O4/c1-4-11-23-22(27)20-13-25(17-7-5-6-8-19(17)29-20)14-21(26)24-16-12-15(2)9-10-18(16)28-3/h5-10,12,20H,4,11,13-14H2,1-3H3,(H,23,27)(H,24,26)/t20-/m0/s1. The number of anilines is 2. The molecule has 0 bridgehead atoms. The molecule has 7 heteroatoms. The first-order valence-corrected chi connectivity index (χ1v) is 9.74. The van der Waals surface area contributed by atoms with Gasteiger partial charge in [0.2, 0.25) is 5.91 Å². The van der Waals surface area contributed by atoms with Gasteiger partial charge in [-0.2, -0.15) is 0 Å². The molecule has 1 aliphatic rings. The second-order valence-electron chi connectivity index (χ2n) is 7.00. The zero-order valence-corrected chi connectivity index (χ0v) is 17.0. The number of hydrogen-bond donors (Lipinski definition) is 2. The number of hydrogen-bond acceptors (Lipinski definition) is 5. The van der Waals surface area contributed by atoms with Gasteiger partial charge in [-0.25, -0.2) is 0 Å². The molecule has 0 aliphatic carbocycles. The molecule has 0 saturated carbocycles. The Bertz CT molecular complexity index is 884. The van der Waals surface area contributed by atoms with Gasteiger partial charge < -0.3 is 25.0 Å². The third-order valence-corrected chi connectivity index (χ3v) is 4.67. The lowest BCUT2D eigenvalue weighted by atomic mass is 10.1. The van der Waals surface area contributed by atoms with E-state index in [9.17, 15) is 9.59 Å². The molecule has 0 aromatic heterocycles. The number of aryl methyl sites for hydroxylation is 1. The number of benzene rings is 2. The van der Waals surface area contributed by atoms with E-state index in [1.807, 2.05) is 61.2 Å². The molecular formula is C22H27N3O4. The molecule has 7 nitrogen and oxygen atoms in total. The van der Waals surface area contributed by atoms with Crippen LogP contribution in [0.2, 0.25) is 0 Å². The molecule has 2 N–H and O–H groups in total. The fourth-order valence-electron chi connectivity index (χ4n) is 3.24. The van der Waals surface area contributed by atoms with Crippen LogP contribution in [0.1, 0.15) is 18.9 Å². The topological polar surface area (TPSA) is 79.9 Å². The Kier molecular flexibility index (Phi) is 6.59. The summed E-state index contributed by atoms with van der Waals surface area (Å²) in [5, 5.41) is 5.77. The van der Waals surface area contributed by atoms with E-state index in [0.29, 0.717) is 30.3 Å². The first kappa shape index (κ1) is 20.5. The van der Waals surface area contributed by atoms with E-state index in [4.69, 9.17) is 9.47 Å². The van der Waals surface area contributed by atoms with Gasteiger partial charge in [-0.05, 0) is 43.2 Å². The predicted octanol–water partition coefficient (Wildman–Crippen LogP) is 2.74. The molecule has 154 valence electrons. The molecule has 0 fully saturated rings. The molecule has 0 spiro atoms. The van der Waals surface area contributed by atoms with Crippen LogP contribution < -0.4 is 25.0 Å². The van der Waals surface area contributed by atoms with Crippen LogP contribution >= 0.6 is 0 Å². The summed E-state index contributed by atoms with van der Waals surface area (Å²) in [6, 6.07) is 13.0. The molecule has 0 radical (unpaired) electrons. The molecule has 3 rings (SSSR count). The van der Waals surface area contributed by atoms with Gasteiger partial charge in [0.1, 0.15) is 11.5 Å². The van der Waals surface area contributed by atoms with Crippen LogP contribution in [0.15, 0.2) is 42.5 Å². The van der Waals surface area contributed by atoms with Crippen LogP contribution in [-0.4, -0.2) is 44.7 Å². The first-order chi connectivity index (χ1) is 14.0. The lowest BCUT2D eigenvalue weighted by Gasteiger charge is -2.35.